The molecule has 0 aliphatic heterocycles. The summed E-state index contributed by atoms with van der Waals surface area (Å²) in [6.07, 6.45) is 0.806. The Morgan fingerprint density at radius 1 is 1.39 bits per heavy atom. The van der Waals surface area contributed by atoms with Gasteiger partial charge in [0.25, 0.3) is 0 Å². The summed E-state index contributed by atoms with van der Waals surface area (Å²) >= 11 is 3.41. The molecule has 18 heavy (non-hydrogen) atoms. The second kappa shape index (κ2) is 5.63. The predicted octanol–water partition coefficient (Wildman–Crippen LogP) is 2.75. The number of hydrogen-bond donors (Lipinski definition) is 1. The number of likely N-dealkylation sites (N-methyl/N-ethyl adjacent to an activating group) is 1. The molecule has 0 unspecified atom stereocenters. The van der Waals surface area contributed by atoms with Crippen LogP contribution in [0.4, 0.5) is 4.39 Å². The van der Waals surface area contributed by atoms with E-state index in [0.717, 1.165) is 24.5 Å². The molecule has 0 spiro atoms. The highest BCUT2D eigenvalue weighted by Crippen LogP contribution is 2.30. The van der Waals surface area contributed by atoms with Gasteiger partial charge >= 0.3 is 0 Å². The predicted molar refractivity (Wildman–Crippen MR) is 73.9 cm³/mol. The number of rotatable bonds is 4. The maximum Gasteiger partial charge on any atom is 0.132 e. The van der Waals surface area contributed by atoms with Crippen LogP contribution in [0.3, 0.4) is 0 Å². The molecular formula is C13H15BrFN3. The van der Waals surface area contributed by atoms with Crippen LogP contribution in [0.2, 0.25) is 0 Å². The van der Waals surface area contributed by atoms with Gasteiger partial charge in [-0.05, 0) is 35.1 Å². The van der Waals surface area contributed by atoms with Gasteiger partial charge in [0.05, 0.1) is 5.69 Å². The standard InChI is InChI=1S/C13H15BrFN3/c1-16-8-7-11-17-13(14)12(18(11)2)9-5-3-4-6-10(9)15/h3-6,16H,7-8H2,1-2H3. The highest BCUT2D eigenvalue weighted by atomic mass is 79.9. The number of hydrogen-bond acceptors (Lipinski definition) is 2. The third-order valence-electron chi connectivity index (χ3n) is 2.87. The monoisotopic (exact) mass is 311 g/mol. The van der Waals surface area contributed by atoms with E-state index in [1.54, 1.807) is 12.1 Å². The van der Waals surface area contributed by atoms with E-state index in [1.807, 2.05) is 24.7 Å². The SMILES string of the molecule is CNCCc1nc(Br)c(-c2ccccc2F)n1C. The number of imidazole rings is 1. The molecular weight excluding hydrogens is 297 g/mol. The molecule has 0 fully saturated rings. The Bertz CT molecular complexity index is 551. The van der Waals surface area contributed by atoms with Gasteiger partial charge in [0, 0.05) is 25.6 Å². The number of aromatic nitrogens is 2. The average Bonchev–Trinajstić information content (AvgIpc) is 2.63. The lowest BCUT2D eigenvalue weighted by Crippen LogP contribution is -2.13. The molecule has 0 saturated carbocycles. The number of benzene rings is 1. The van der Waals surface area contributed by atoms with Crippen LogP contribution in [0.25, 0.3) is 11.3 Å². The van der Waals surface area contributed by atoms with E-state index in [1.165, 1.54) is 6.07 Å². The summed E-state index contributed by atoms with van der Waals surface area (Å²) in [5.74, 6) is 0.691. The summed E-state index contributed by atoms with van der Waals surface area (Å²) in [4.78, 5) is 4.44. The van der Waals surface area contributed by atoms with E-state index in [4.69, 9.17) is 0 Å². The van der Waals surface area contributed by atoms with Crippen molar-refractivity contribution in [1.82, 2.24) is 14.9 Å². The van der Waals surface area contributed by atoms with Crippen LogP contribution in [0.5, 0.6) is 0 Å². The Morgan fingerprint density at radius 3 is 2.78 bits per heavy atom. The number of nitrogens with one attached hydrogen (secondary N) is 1. The van der Waals surface area contributed by atoms with Crippen molar-refractivity contribution >= 4 is 15.9 Å². The summed E-state index contributed by atoms with van der Waals surface area (Å²) in [5, 5.41) is 3.08. The minimum atomic E-state index is -0.235. The largest absolute Gasteiger partial charge is 0.330 e. The maximum atomic E-state index is 13.8. The first kappa shape index (κ1) is 13.2. The minimum Gasteiger partial charge on any atom is -0.330 e. The summed E-state index contributed by atoms with van der Waals surface area (Å²) in [7, 11) is 3.81. The van der Waals surface area contributed by atoms with Crippen molar-refractivity contribution in [2.24, 2.45) is 7.05 Å². The lowest BCUT2D eigenvalue weighted by Gasteiger charge is -2.07. The molecule has 5 heteroatoms. The fourth-order valence-electron chi connectivity index (χ4n) is 1.91. The van der Waals surface area contributed by atoms with Crippen molar-refractivity contribution in [2.75, 3.05) is 13.6 Å². The first-order chi connectivity index (χ1) is 8.65. The van der Waals surface area contributed by atoms with E-state index in [2.05, 4.69) is 26.2 Å². The van der Waals surface area contributed by atoms with E-state index < -0.39 is 0 Å². The van der Waals surface area contributed by atoms with Crippen molar-refractivity contribution in [3.05, 3.63) is 40.5 Å². The molecule has 1 heterocycles. The van der Waals surface area contributed by atoms with Crippen LogP contribution in [-0.4, -0.2) is 23.1 Å². The molecule has 1 aromatic carbocycles. The van der Waals surface area contributed by atoms with Crippen LogP contribution in [0.1, 0.15) is 5.82 Å². The van der Waals surface area contributed by atoms with Crippen LogP contribution in [-0.2, 0) is 13.5 Å². The highest BCUT2D eigenvalue weighted by Gasteiger charge is 2.16. The van der Waals surface area contributed by atoms with E-state index in [-0.39, 0.29) is 5.82 Å². The van der Waals surface area contributed by atoms with Gasteiger partial charge in [-0.15, -0.1) is 0 Å². The fraction of sp³-hybridized carbons (Fsp3) is 0.308. The second-order valence-electron chi connectivity index (χ2n) is 4.06. The van der Waals surface area contributed by atoms with Gasteiger partial charge in [0.15, 0.2) is 0 Å². The molecule has 96 valence electrons. The van der Waals surface area contributed by atoms with Crippen LogP contribution < -0.4 is 5.32 Å². The zero-order chi connectivity index (χ0) is 13.1. The first-order valence-electron chi connectivity index (χ1n) is 5.75. The Kier molecular flexibility index (Phi) is 4.14. The summed E-state index contributed by atoms with van der Waals surface area (Å²) in [5.41, 5.74) is 1.34. The molecule has 0 aliphatic carbocycles. The fourth-order valence-corrected chi connectivity index (χ4v) is 2.60. The van der Waals surface area contributed by atoms with Crippen molar-refractivity contribution in [3.8, 4) is 11.3 Å². The van der Waals surface area contributed by atoms with E-state index >= 15 is 0 Å². The first-order valence-corrected chi connectivity index (χ1v) is 6.55. The maximum absolute atomic E-state index is 13.8. The minimum absolute atomic E-state index is 0.235. The molecule has 2 rings (SSSR count). The lowest BCUT2D eigenvalue weighted by atomic mass is 10.1. The molecule has 0 atom stereocenters. The summed E-state index contributed by atoms with van der Waals surface area (Å²) in [6.45, 7) is 0.841. The van der Waals surface area contributed by atoms with Crippen LogP contribution in [0.15, 0.2) is 28.9 Å². The van der Waals surface area contributed by atoms with Crippen LogP contribution in [0, 0.1) is 5.82 Å². The highest BCUT2D eigenvalue weighted by molar-refractivity contribution is 9.10. The van der Waals surface area contributed by atoms with Crippen molar-refractivity contribution in [1.29, 1.82) is 0 Å². The normalized spacial score (nSPS) is 10.9. The summed E-state index contributed by atoms with van der Waals surface area (Å²) in [6, 6.07) is 6.73. The number of halogens is 2. The molecule has 1 aromatic heterocycles. The van der Waals surface area contributed by atoms with Crippen molar-refractivity contribution in [2.45, 2.75) is 6.42 Å². The second-order valence-corrected chi connectivity index (χ2v) is 4.81. The van der Waals surface area contributed by atoms with Gasteiger partial charge < -0.3 is 9.88 Å². The molecule has 3 nitrogen and oxygen atoms in total. The van der Waals surface area contributed by atoms with Gasteiger partial charge in [-0.25, -0.2) is 9.37 Å². The Hall–Kier alpha value is -1.20. The van der Waals surface area contributed by atoms with Crippen LogP contribution >= 0.6 is 15.9 Å². The van der Waals surface area contributed by atoms with Gasteiger partial charge in [0.1, 0.15) is 16.2 Å². The molecule has 0 aliphatic rings. The van der Waals surface area contributed by atoms with Crippen molar-refractivity contribution in [3.63, 3.8) is 0 Å². The zero-order valence-corrected chi connectivity index (χ0v) is 12.0. The molecule has 0 amide bonds. The molecule has 0 bridgehead atoms. The lowest BCUT2D eigenvalue weighted by molar-refractivity contribution is 0.629. The third-order valence-corrected chi connectivity index (χ3v) is 3.43. The number of nitrogens with zero attached hydrogens (tertiary/aromatic N) is 2. The Balaban J connectivity index is 2.46. The van der Waals surface area contributed by atoms with E-state index in [9.17, 15) is 4.39 Å². The summed E-state index contributed by atoms with van der Waals surface area (Å²) < 4.78 is 16.4. The van der Waals surface area contributed by atoms with Gasteiger partial charge in [-0.3, -0.25) is 0 Å². The zero-order valence-electron chi connectivity index (χ0n) is 10.4. The van der Waals surface area contributed by atoms with Gasteiger partial charge in [0.2, 0.25) is 0 Å². The van der Waals surface area contributed by atoms with Gasteiger partial charge in [-0.2, -0.15) is 0 Å². The molecule has 2 aromatic rings. The quantitative estimate of drug-likeness (QED) is 0.941. The Labute approximate surface area is 114 Å². The molecule has 0 radical (unpaired) electrons. The molecule has 0 saturated heterocycles. The smallest absolute Gasteiger partial charge is 0.132 e. The Morgan fingerprint density at radius 2 is 2.11 bits per heavy atom. The average molecular weight is 312 g/mol. The van der Waals surface area contributed by atoms with Gasteiger partial charge in [-0.1, -0.05) is 12.1 Å². The van der Waals surface area contributed by atoms with Crippen molar-refractivity contribution < 1.29 is 4.39 Å². The third kappa shape index (κ3) is 2.47. The topological polar surface area (TPSA) is 29.9 Å². The molecule has 1 N–H and O–H groups in total. The van der Waals surface area contributed by atoms with E-state index in [0.29, 0.717) is 10.2 Å².